The van der Waals surface area contributed by atoms with E-state index in [4.69, 9.17) is 4.74 Å². The molecule has 1 N–H and O–H groups in total. The van der Waals surface area contributed by atoms with Crippen molar-refractivity contribution >= 4 is 0 Å². The lowest BCUT2D eigenvalue weighted by Gasteiger charge is -2.27. The molecule has 0 atom stereocenters. The van der Waals surface area contributed by atoms with Crippen molar-refractivity contribution in [2.24, 2.45) is 0 Å². The zero-order chi connectivity index (χ0) is 12.1. The summed E-state index contributed by atoms with van der Waals surface area (Å²) in [5, 5.41) is 3.38. The van der Waals surface area contributed by atoms with Crippen molar-refractivity contribution in [3.05, 3.63) is 29.3 Å². The van der Waals surface area contributed by atoms with E-state index in [0.717, 1.165) is 44.9 Å². The van der Waals surface area contributed by atoms with E-state index in [1.165, 1.54) is 11.1 Å². The van der Waals surface area contributed by atoms with E-state index >= 15 is 0 Å². The standard InChI is InChI=1S/C14H22N2O/c1-12-4-3-5-14(17-2)13(12)6-9-16-10-7-15-8-11-16/h3-5,15H,6-11H2,1-2H3. The van der Waals surface area contributed by atoms with E-state index in [-0.39, 0.29) is 0 Å². The minimum atomic E-state index is 1.03. The summed E-state index contributed by atoms with van der Waals surface area (Å²) in [6.45, 7) is 7.84. The Morgan fingerprint density at radius 1 is 1.29 bits per heavy atom. The van der Waals surface area contributed by atoms with E-state index in [9.17, 15) is 0 Å². The third-order valence-corrected chi connectivity index (χ3v) is 3.47. The van der Waals surface area contributed by atoms with Crippen molar-refractivity contribution in [1.82, 2.24) is 10.2 Å². The number of methoxy groups -OCH3 is 1. The molecule has 3 heteroatoms. The molecular formula is C14H22N2O. The number of rotatable bonds is 4. The Morgan fingerprint density at radius 3 is 2.76 bits per heavy atom. The van der Waals surface area contributed by atoms with Crippen LogP contribution in [0.2, 0.25) is 0 Å². The first-order valence-electron chi connectivity index (χ1n) is 6.37. The normalized spacial score (nSPS) is 17.1. The third kappa shape index (κ3) is 3.20. The minimum absolute atomic E-state index is 1.03. The summed E-state index contributed by atoms with van der Waals surface area (Å²) in [6, 6.07) is 6.28. The fourth-order valence-electron chi connectivity index (χ4n) is 2.39. The molecule has 1 aliphatic rings. The molecule has 17 heavy (non-hydrogen) atoms. The predicted octanol–water partition coefficient (Wildman–Crippen LogP) is 1.45. The maximum atomic E-state index is 5.44. The molecule has 1 aromatic rings. The van der Waals surface area contributed by atoms with Crippen molar-refractivity contribution in [1.29, 1.82) is 0 Å². The van der Waals surface area contributed by atoms with Crippen molar-refractivity contribution in [2.45, 2.75) is 13.3 Å². The molecule has 2 rings (SSSR count). The molecule has 0 saturated carbocycles. The topological polar surface area (TPSA) is 24.5 Å². The largest absolute Gasteiger partial charge is 0.496 e. The maximum absolute atomic E-state index is 5.44. The average Bonchev–Trinajstić information content (AvgIpc) is 2.38. The quantitative estimate of drug-likeness (QED) is 0.853. The molecule has 94 valence electrons. The molecular weight excluding hydrogens is 212 g/mol. The van der Waals surface area contributed by atoms with Gasteiger partial charge in [0.25, 0.3) is 0 Å². The Labute approximate surface area is 104 Å². The van der Waals surface area contributed by atoms with Gasteiger partial charge in [-0.25, -0.2) is 0 Å². The van der Waals surface area contributed by atoms with Crippen LogP contribution in [0.25, 0.3) is 0 Å². The number of piperazine rings is 1. The molecule has 0 unspecified atom stereocenters. The lowest BCUT2D eigenvalue weighted by atomic mass is 10.0. The van der Waals surface area contributed by atoms with Gasteiger partial charge < -0.3 is 15.0 Å². The summed E-state index contributed by atoms with van der Waals surface area (Å²) < 4.78 is 5.44. The summed E-state index contributed by atoms with van der Waals surface area (Å²) in [5.74, 6) is 1.03. The monoisotopic (exact) mass is 234 g/mol. The van der Waals surface area contributed by atoms with Gasteiger partial charge in [0.1, 0.15) is 5.75 Å². The zero-order valence-electron chi connectivity index (χ0n) is 10.8. The van der Waals surface area contributed by atoms with Gasteiger partial charge in [-0.15, -0.1) is 0 Å². The molecule has 0 aromatic heterocycles. The van der Waals surface area contributed by atoms with Crippen LogP contribution in [-0.4, -0.2) is 44.7 Å². The highest BCUT2D eigenvalue weighted by molar-refractivity contribution is 5.39. The van der Waals surface area contributed by atoms with Crippen LogP contribution in [0, 0.1) is 6.92 Å². The van der Waals surface area contributed by atoms with Crippen LogP contribution < -0.4 is 10.1 Å². The van der Waals surface area contributed by atoms with Gasteiger partial charge in [-0.05, 0) is 30.5 Å². The fraction of sp³-hybridized carbons (Fsp3) is 0.571. The van der Waals surface area contributed by atoms with Crippen LogP contribution in [0.15, 0.2) is 18.2 Å². The van der Waals surface area contributed by atoms with Gasteiger partial charge >= 0.3 is 0 Å². The van der Waals surface area contributed by atoms with Crippen molar-refractivity contribution in [2.75, 3.05) is 39.8 Å². The highest BCUT2D eigenvalue weighted by atomic mass is 16.5. The zero-order valence-corrected chi connectivity index (χ0v) is 10.8. The molecule has 1 aliphatic heterocycles. The molecule has 0 bridgehead atoms. The first-order valence-corrected chi connectivity index (χ1v) is 6.37. The second kappa shape index (κ2) is 6.03. The first kappa shape index (κ1) is 12.4. The highest BCUT2D eigenvalue weighted by Gasteiger charge is 2.11. The Hall–Kier alpha value is -1.06. The summed E-state index contributed by atoms with van der Waals surface area (Å²) in [6.07, 6.45) is 1.08. The Balaban J connectivity index is 1.97. The maximum Gasteiger partial charge on any atom is 0.122 e. The number of nitrogens with one attached hydrogen (secondary N) is 1. The number of benzene rings is 1. The van der Waals surface area contributed by atoms with Crippen LogP contribution in [0.5, 0.6) is 5.75 Å². The first-order chi connectivity index (χ1) is 8.31. The molecule has 1 aromatic carbocycles. The Morgan fingerprint density at radius 2 is 2.06 bits per heavy atom. The molecule has 3 nitrogen and oxygen atoms in total. The number of nitrogens with zero attached hydrogens (tertiary/aromatic N) is 1. The third-order valence-electron chi connectivity index (χ3n) is 3.47. The molecule has 0 spiro atoms. The van der Waals surface area contributed by atoms with E-state index in [1.807, 2.05) is 0 Å². The second-order valence-corrected chi connectivity index (χ2v) is 4.60. The van der Waals surface area contributed by atoms with Crippen LogP contribution in [0.1, 0.15) is 11.1 Å². The van der Waals surface area contributed by atoms with E-state index < -0.39 is 0 Å². The lowest BCUT2D eigenvalue weighted by Crippen LogP contribution is -2.44. The number of hydrogen-bond donors (Lipinski definition) is 1. The van der Waals surface area contributed by atoms with E-state index in [1.54, 1.807) is 7.11 Å². The van der Waals surface area contributed by atoms with E-state index in [2.05, 4.69) is 35.3 Å². The van der Waals surface area contributed by atoms with Gasteiger partial charge in [-0.1, -0.05) is 12.1 Å². The Kier molecular flexibility index (Phi) is 4.40. The summed E-state index contributed by atoms with van der Waals surface area (Å²) >= 11 is 0. The number of ether oxygens (including phenoxy) is 1. The second-order valence-electron chi connectivity index (χ2n) is 4.60. The van der Waals surface area contributed by atoms with Crippen molar-refractivity contribution in [3.63, 3.8) is 0 Å². The van der Waals surface area contributed by atoms with Crippen LogP contribution >= 0.6 is 0 Å². The summed E-state index contributed by atoms with van der Waals surface area (Å²) in [7, 11) is 1.75. The van der Waals surface area contributed by atoms with Crippen molar-refractivity contribution in [3.8, 4) is 5.75 Å². The molecule has 0 amide bonds. The van der Waals surface area contributed by atoms with Gasteiger partial charge in [-0.2, -0.15) is 0 Å². The molecule has 1 heterocycles. The van der Waals surface area contributed by atoms with Gasteiger partial charge in [0, 0.05) is 32.7 Å². The summed E-state index contributed by atoms with van der Waals surface area (Å²) in [4.78, 5) is 2.52. The molecule has 1 fully saturated rings. The molecule has 0 radical (unpaired) electrons. The number of aryl methyl sites for hydroxylation is 1. The average molecular weight is 234 g/mol. The highest BCUT2D eigenvalue weighted by Crippen LogP contribution is 2.22. The van der Waals surface area contributed by atoms with E-state index in [0.29, 0.717) is 0 Å². The summed E-state index contributed by atoms with van der Waals surface area (Å²) in [5.41, 5.74) is 2.69. The van der Waals surface area contributed by atoms with Crippen LogP contribution in [0.4, 0.5) is 0 Å². The lowest BCUT2D eigenvalue weighted by molar-refractivity contribution is 0.243. The molecule has 1 saturated heterocycles. The molecule has 0 aliphatic carbocycles. The van der Waals surface area contributed by atoms with Gasteiger partial charge in [-0.3, -0.25) is 0 Å². The smallest absolute Gasteiger partial charge is 0.122 e. The minimum Gasteiger partial charge on any atom is -0.496 e. The van der Waals surface area contributed by atoms with Crippen molar-refractivity contribution < 1.29 is 4.74 Å². The SMILES string of the molecule is COc1cccc(C)c1CCN1CCNCC1. The van der Waals surface area contributed by atoms with Crippen LogP contribution in [0.3, 0.4) is 0 Å². The Bertz CT molecular complexity index is 359. The van der Waals surface area contributed by atoms with Crippen LogP contribution in [-0.2, 0) is 6.42 Å². The van der Waals surface area contributed by atoms with Gasteiger partial charge in [0.15, 0.2) is 0 Å². The van der Waals surface area contributed by atoms with Gasteiger partial charge in [0.05, 0.1) is 7.11 Å². The predicted molar refractivity (Wildman–Crippen MR) is 70.7 cm³/mol. The fourth-order valence-corrected chi connectivity index (χ4v) is 2.39. The number of hydrogen-bond acceptors (Lipinski definition) is 3. The van der Waals surface area contributed by atoms with Gasteiger partial charge in [0.2, 0.25) is 0 Å².